The third-order valence-electron chi connectivity index (χ3n) is 4.50. The highest BCUT2D eigenvalue weighted by atomic mass is 32.2. The number of aryl methyl sites for hydroxylation is 1. The first-order valence-corrected chi connectivity index (χ1v) is 9.54. The summed E-state index contributed by atoms with van der Waals surface area (Å²) in [5.74, 6) is 0.0242. The lowest BCUT2D eigenvalue weighted by Gasteiger charge is -2.23. The molecule has 28 heavy (non-hydrogen) atoms. The lowest BCUT2D eigenvalue weighted by atomic mass is 10.1. The number of alkyl halides is 3. The minimum absolute atomic E-state index is 0.0275. The number of fused-ring (bicyclic) bond motifs is 1. The molecule has 0 radical (unpaired) electrons. The van der Waals surface area contributed by atoms with Crippen molar-refractivity contribution >= 4 is 28.6 Å². The highest BCUT2D eigenvalue weighted by Crippen LogP contribution is 2.41. The molecule has 1 aliphatic rings. The third-order valence-corrected chi connectivity index (χ3v) is 5.71. The smallest absolute Gasteiger partial charge is 0.406 e. The first kappa shape index (κ1) is 18.7. The summed E-state index contributed by atoms with van der Waals surface area (Å²) in [4.78, 5) is 14.2. The largest absolute Gasteiger partial charge is 0.573 e. The van der Waals surface area contributed by atoms with Crippen LogP contribution in [0.2, 0.25) is 0 Å². The van der Waals surface area contributed by atoms with E-state index < -0.39 is 6.36 Å². The first-order valence-electron chi connectivity index (χ1n) is 8.49. The number of aromatic nitrogens is 2. The van der Waals surface area contributed by atoms with Gasteiger partial charge in [-0.2, -0.15) is 5.10 Å². The second-order valence-corrected chi connectivity index (χ2v) is 7.47. The molecule has 1 atom stereocenters. The molecule has 0 bridgehead atoms. The van der Waals surface area contributed by atoms with Crippen LogP contribution >= 0.6 is 11.8 Å². The molecule has 1 amide bonds. The first-order chi connectivity index (χ1) is 13.3. The van der Waals surface area contributed by atoms with Crippen molar-refractivity contribution in [1.29, 1.82) is 0 Å². The second-order valence-electron chi connectivity index (χ2n) is 6.40. The van der Waals surface area contributed by atoms with Crippen LogP contribution in [0, 0.1) is 0 Å². The molecule has 1 saturated heterocycles. The Morgan fingerprint density at radius 3 is 2.61 bits per heavy atom. The van der Waals surface area contributed by atoms with Gasteiger partial charge in [0.15, 0.2) is 0 Å². The van der Waals surface area contributed by atoms with Crippen molar-refractivity contribution in [1.82, 2.24) is 14.7 Å². The van der Waals surface area contributed by atoms with Gasteiger partial charge >= 0.3 is 6.36 Å². The predicted molar refractivity (Wildman–Crippen MR) is 99.6 cm³/mol. The number of carbonyl (C=O) groups excluding carboxylic acids is 1. The number of nitrogens with zero attached hydrogens (tertiary/aromatic N) is 3. The minimum atomic E-state index is -4.73. The van der Waals surface area contributed by atoms with Crippen LogP contribution in [0.1, 0.15) is 16.6 Å². The molecule has 0 saturated carbocycles. The summed E-state index contributed by atoms with van der Waals surface area (Å²) in [5.41, 5.74) is 2.51. The standard InChI is InChI=1S/C19H16F3N3O2S/c1-24-15-5-3-2-4-14(15)17(23-24)18-25(16(26)11-28-18)10-12-6-8-13(9-7-12)27-19(20,21)22/h2-9,18H,10-11H2,1H3. The van der Waals surface area contributed by atoms with Gasteiger partial charge in [0.2, 0.25) is 5.91 Å². The number of hydrogen-bond donors (Lipinski definition) is 0. The van der Waals surface area contributed by atoms with Crippen LogP contribution in [0.4, 0.5) is 13.2 Å². The lowest BCUT2D eigenvalue weighted by molar-refractivity contribution is -0.274. The maximum absolute atomic E-state index is 12.5. The fraction of sp³-hybridized carbons (Fsp3) is 0.263. The molecule has 1 aliphatic heterocycles. The lowest BCUT2D eigenvalue weighted by Crippen LogP contribution is -2.28. The van der Waals surface area contributed by atoms with Crippen molar-refractivity contribution in [2.75, 3.05) is 5.75 Å². The molecule has 3 aromatic rings. The number of rotatable bonds is 4. The van der Waals surface area contributed by atoms with E-state index in [2.05, 4.69) is 9.84 Å². The van der Waals surface area contributed by atoms with Gasteiger partial charge < -0.3 is 9.64 Å². The Bertz CT molecular complexity index is 1020. The zero-order chi connectivity index (χ0) is 19.9. The van der Waals surface area contributed by atoms with E-state index in [1.807, 2.05) is 31.3 Å². The van der Waals surface area contributed by atoms with Gasteiger partial charge in [0, 0.05) is 19.0 Å². The van der Waals surface area contributed by atoms with Crippen LogP contribution < -0.4 is 4.74 Å². The van der Waals surface area contributed by atoms with E-state index >= 15 is 0 Å². The maximum Gasteiger partial charge on any atom is 0.573 e. The molecule has 9 heteroatoms. The molecule has 4 rings (SSSR count). The highest BCUT2D eigenvalue weighted by molar-refractivity contribution is 8.00. The van der Waals surface area contributed by atoms with Crippen molar-refractivity contribution in [3.63, 3.8) is 0 Å². The zero-order valence-electron chi connectivity index (χ0n) is 14.8. The van der Waals surface area contributed by atoms with Crippen LogP contribution in [0.5, 0.6) is 5.75 Å². The molecule has 2 heterocycles. The Balaban J connectivity index is 1.58. The average Bonchev–Trinajstić information content (AvgIpc) is 3.16. The summed E-state index contributed by atoms with van der Waals surface area (Å²) < 4.78 is 42.6. The molecule has 0 aliphatic carbocycles. The Hall–Kier alpha value is -2.68. The minimum Gasteiger partial charge on any atom is -0.406 e. The van der Waals surface area contributed by atoms with Crippen LogP contribution in [0.15, 0.2) is 48.5 Å². The molecular formula is C19H16F3N3O2S. The van der Waals surface area contributed by atoms with Crippen LogP contribution in [-0.2, 0) is 18.4 Å². The normalized spacial score (nSPS) is 17.5. The molecule has 5 nitrogen and oxygen atoms in total. The van der Waals surface area contributed by atoms with Crippen molar-refractivity contribution in [3.8, 4) is 5.75 Å². The van der Waals surface area contributed by atoms with Gasteiger partial charge in [-0.1, -0.05) is 30.3 Å². The van der Waals surface area contributed by atoms with Crippen LogP contribution in [0.3, 0.4) is 0 Å². The van der Waals surface area contributed by atoms with E-state index in [4.69, 9.17) is 0 Å². The summed E-state index contributed by atoms with van der Waals surface area (Å²) >= 11 is 1.50. The predicted octanol–water partition coefficient (Wildman–Crippen LogP) is 4.25. The fourth-order valence-electron chi connectivity index (χ4n) is 3.27. The Labute approximate surface area is 163 Å². The number of benzene rings is 2. The Morgan fingerprint density at radius 2 is 1.89 bits per heavy atom. The maximum atomic E-state index is 12.5. The monoisotopic (exact) mass is 407 g/mol. The third kappa shape index (κ3) is 3.66. The topological polar surface area (TPSA) is 47.4 Å². The zero-order valence-corrected chi connectivity index (χ0v) is 15.6. The number of para-hydroxylation sites is 1. The quantitative estimate of drug-likeness (QED) is 0.649. The van der Waals surface area contributed by atoms with Gasteiger partial charge in [-0.15, -0.1) is 24.9 Å². The molecule has 1 aromatic heterocycles. The number of amides is 1. The second kappa shape index (κ2) is 7.05. The molecular weight excluding hydrogens is 391 g/mol. The molecule has 0 N–H and O–H groups in total. The molecule has 1 fully saturated rings. The molecule has 0 spiro atoms. The van der Waals surface area contributed by atoms with E-state index in [0.29, 0.717) is 5.75 Å². The Kier molecular flexibility index (Phi) is 4.70. The van der Waals surface area contributed by atoms with Gasteiger partial charge in [0.05, 0.1) is 11.3 Å². The number of ether oxygens (including phenoxy) is 1. The fourth-order valence-corrected chi connectivity index (χ4v) is 4.44. The van der Waals surface area contributed by atoms with E-state index in [9.17, 15) is 18.0 Å². The van der Waals surface area contributed by atoms with Gasteiger partial charge in [-0.25, -0.2) is 0 Å². The number of carbonyl (C=O) groups is 1. The van der Waals surface area contributed by atoms with Crippen molar-refractivity contribution in [2.24, 2.45) is 7.05 Å². The summed E-state index contributed by atoms with van der Waals surface area (Å²) in [7, 11) is 1.86. The van der Waals surface area contributed by atoms with E-state index in [1.54, 1.807) is 9.58 Å². The van der Waals surface area contributed by atoms with Crippen LogP contribution in [0.25, 0.3) is 10.9 Å². The highest BCUT2D eigenvalue weighted by Gasteiger charge is 2.36. The van der Waals surface area contributed by atoms with Crippen LogP contribution in [-0.4, -0.2) is 32.7 Å². The van der Waals surface area contributed by atoms with Crippen molar-refractivity contribution in [3.05, 3.63) is 59.8 Å². The van der Waals surface area contributed by atoms with E-state index in [-0.39, 0.29) is 23.6 Å². The van der Waals surface area contributed by atoms with Gasteiger partial charge in [0.25, 0.3) is 0 Å². The number of halogens is 3. The summed E-state index contributed by atoms with van der Waals surface area (Å²) in [6.45, 7) is 0.285. The van der Waals surface area contributed by atoms with E-state index in [1.165, 1.54) is 36.0 Å². The SMILES string of the molecule is Cn1nc(C2SCC(=O)N2Cc2ccc(OC(F)(F)F)cc2)c2ccccc21. The summed E-state index contributed by atoms with van der Waals surface area (Å²) in [6, 6.07) is 13.4. The van der Waals surface area contributed by atoms with Gasteiger partial charge in [0.1, 0.15) is 16.8 Å². The molecule has 1 unspecified atom stereocenters. The van der Waals surface area contributed by atoms with Crippen molar-refractivity contribution < 1.29 is 22.7 Å². The molecule has 146 valence electrons. The summed E-state index contributed by atoms with van der Waals surface area (Å²) in [5, 5.41) is 5.35. The number of thioether (sulfide) groups is 1. The van der Waals surface area contributed by atoms with Gasteiger partial charge in [-0.05, 0) is 23.8 Å². The average molecular weight is 407 g/mol. The number of hydrogen-bond acceptors (Lipinski definition) is 4. The molecule has 2 aromatic carbocycles. The van der Waals surface area contributed by atoms with Crippen molar-refractivity contribution in [2.45, 2.75) is 18.3 Å². The Morgan fingerprint density at radius 1 is 1.18 bits per heavy atom. The summed E-state index contributed by atoms with van der Waals surface area (Å²) in [6.07, 6.45) is -4.73. The van der Waals surface area contributed by atoms with Gasteiger partial charge in [-0.3, -0.25) is 9.48 Å². The van der Waals surface area contributed by atoms with E-state index in [0.717, 1.165) is 22.2 Å².